The fourth-order valence-corrected chi connectivity index (χ4v) is 1.89. The highest BCUT2D eigenvalue weighted by molar-refractivity contribution is 5.87. The van der Waals surface area contributed by atoms with E-state index >= 15 is 0 Å². The third-order valence-corrected chi connectivity index (χ3v) is 2.64. The first-order valence-corrected chi connectivity index (χ1v) is 5.16. The molecule has 0 unspecified atom stereocenters. The van der Waals surface area contributed by atoms with Crippen molar-refractivity contribution in [3.63, 3.8) is 0 Å². The van der Waals surface area contributed by atoms with Crippen molar-refractivity contribution in [2.45, 2.75) is 0 Å². The van der Waals surface area contributed by atoms with E-state index in [4.69, 9.17) is 4.74 Å². The molecule has 0 aromatic carbocycles. The maximum atomic E-state index is 5.29. The van der Waals surface area contributed by atoms with E-state index in [1.807, 2.05) is 19.3 Å². The van der Waals surface area contributed by atoms with Crippen molar-refractivity contribution in [1.82, 2.24) is 24.5 Å². The molecule has 0 bridgehead atoms. The molecule has 0 N–H and O–H groups in total. The van der Waals surface area contributed by atoms with Crippen molar-refractivity contribution in [2.75, 3.05) is 7.11 Å². The van der Waals surface area contributed by atoms with Gasteiger partial charge in [-0.1, -0.05) is 0 Å². The average molecular weight is 229 g/mol. The Labute approximate surface area is 97.4 Å². The second kappa shape index (κ2) is 3.58. The minimum Gasteiger partial charge on any atom is -0.479 e. The topological polar surface area (TPSA) is 57.8 Å². The molecule has 0 saturated carbocycles. The van der Waals surface area contributed by atoms with Crippen LogP contribution in [0.4, 0.5) is 0 Å². The Hall–Kier alpha value is -2.37. The number of hydrogen-bond acceptors (Lipinski definition) is 4. The third kappa shape index (κ3) is 1.37. The molecule has 86 valence electrons. The molecule has 6 heteroatoms. The Balaban J connectivity index is 2.43. The minimum absolute atomic E-state index is 0.532. The molecule has 0 atom stereocenters. The molecule has 3 aromatic heterocycles. The number of rotatable bonds is 2. The lowest BCUT2D eigenvalue weighted by atomic mass is 10.3. The van der Waals surface area contributed by atoms with Crippen molar-refractivity contribution >= 4 is 10.9 Å². The van der Waals surface area contributed by atoms with Crippen LogP contribution in [0.3, 0.4) is 0 Å². The Morgan fingerprint density at radius 3 is 2.82 bits per heavy atom. The molecule has 0 saturated heterocycles. The van der Waals surface area contributed by atoms with Gasteiger partial charge >= 0.3 is 0 Å². The normalized spacial score (nSPS) is 10.9. The third-order valence-electron chi connectivity index (χ3n) is 2.64. The van der Waals surface area contributed by atoms with Crippen LogP contribution in [0.2, 0.25) is 0 Å². The Kier molecular flexibility index (Phi) is 2.07. The van der Waals surface area contributed by atoms with E-state index in [-0.39, 0.29) is 0 Å². The lowest BCUT2D eigenvalue weighted by molar-refractivity contribution is 0.395. The molecule has 3 heterocycles. The van der Waals surface area contributed by atoms with Crippen LogP contribution in [0.5, 0.6) is 5.88 Å². The maximum absolute atomic E-state index is 5.29. The van der Waals surface area contributed by atoms with Gasteiger partial charge in [0.05, 0.1) is 13.3 Å². The van der Waals surface area contributed by atoms with Gasteiger partial charge < -0.3 is 4.74 Å². The number of ether oxygens (including phenoxy) is 1. The smallest absolute Gasteiger partial charge is 0.241 e. The van der Waals surface area contributed by atoms with Gasteiger partial charge in [-0.3, -0.25) is 4.68 Å². The van der Waals surface area contributed by atoms with Crippen molar-refractivity contribution in [1.29, 1.82) is 0 Å². The second-order valence-corrected chi connectivity index (χ2v) is 3.64. The zero-order valence-electron chi connectivity index (χ0n) is 9.53. The summed E-state index contributed by atoms with van der Waals surface area (Å²) in [7, 11) is 3.48. The van der Waals surface area contributed by atoms with Crippen LogP contribution < -0.4 is 4.74 Å². The maximum Gasteiger partial charge on any atom is 0.241 e. The quantitative estimate of drug-likeness (QED) is 0.661. The average Bonchev–Trinajstić information content (AvgIpc) is 2.98. The highest BCUT2D eigenvalue weighted by Crippen LogP contribution is 2.27. The predicted molar refractivity (Wildman–Crippen MR) is 62.2 cm³/mol. The van der Waals surface area contributed by atoms with Crippen LogP contribution in [0.25, 0.3) is 16.6 Å². The van der Waals surface area contributed by atoms with Gasteiger partial charge in [-0.15, -0.1) is 0 Å². The summed E-state index contributed by atoms with van der Waals surface area (Å²) >= 11 is 0. The van der Waals surface area contributed by atoms with E-state index in [1.54, 1.807) is 35.1 Å². The lowest BCUT2D eigenvalue weighted by Crippen LogP contribution is -2.04. The van der Waals surface area contributed by atoms with E-state index < -0.39 is 0 Å². The number of methoxy groups -OCH3 is 1. The van der Waals surface area contributed by atoms with Crippen LogP contribution in [0.15, 0.2) is 30.9 Å². The van der Waals surface area contributed by atoms with E-state index in [9.17, 15) is 0 Å². The van der Waals surface area contributed by atoms with Gasteiger partial charge in [-0.2, -0.15) is 10.2 Å². The monoisotopic (exact) mass is 229 g/mol. The van der Waals surface area contributed by atoms with E-state index in [1.165, 1.54) is 0 Å². The summed E-state index contributed by atoms with van der Waals surface area (Å²) in [6, 6.07) is 1.86. The summed E-state index contributed by atoms with van der Waals surface area (Å²) in [6.07, 6.45) is 7.09. The molecule has 0 fully saturated rings. The predicted octanol–water partition coefficient (Wildman–Crippen LogP) is 1.16. The molecule has 0 radical (unpaired) electrons. The highest BCUT2D eigenvalue weighted by Gasteiger charge is 2.15. The molecule has 0 amide bonds. The van der Waals surface area contributed by atoms with Gasteiger partial charge in [0, 0.05) is 31.0 Å². The summed E-state index contributed by atoms with van der Waals surface area (Å²) < 4.78 is 8.81. The molecule has 0 aliphatic rings. The summed E-state index contributed by atoms with van der Waals surface area (Å²) in [5.74, 6) is 0.532. The fraction of sp³-hybridized carbons (Fsp3) is 0.182. The van der Waals surface area contributed by atoms with E-state index in [0.717, 1.165) is 16.6 Å². The van der Waals surface area contributed by atoms with E-state index in [0.29, 0.717) is 5.88 Å². The first kappa shape index (κ1) is 9.83. The number of aromatic nitrogens is 5. The standard InChI is InChI=1S/C11H11N5O/c1-15-9-8(7-14-15)6-12-11(17-2)10(9)16-5-3-4-13-16/h3-7H,1-2H3. The first-order chi connectivity index (χ1) is 8.31. The molecule has 3 aromatic rings. The van der Waals surface area contributed by atoms with Gasteiger partial charge in [0.15, 0.2) is 5.69 Å². The zero-order valence-corrected chi connectivity index (χ0v) is 9.53. The van der Waals surface area contributed by atoms with Gasteiger partial charge in [-0.05, 0) is 6.07 Å². The summed E-state index contributed by atoms with van der Waals surface area (Å²) in [5.41, 5.74) is 1.75. The van der Waals surface area contributed by atoms with Crippen LogP contribution in [0, 0.1) is 0 Å². The molecule has 0 aliphatic heterocycles. The largest absolute Gasteiger partial charge is 0.479 e. The summed E-state index contributed by atoms with van der Waals surface area (Å²) in [6.45, 7) is 0. The van der Waals surface area contributed by atoms with Crippen molar-refractivity contribution in [3.05, 3.63) is 30.9 Å². The summed E-state index contributed by atoms with van der Waals surface area (Å²) in [4.78, 5) is 4.26. The Morgan fingerprint density at radius 2 is 2.12 bits per heavy atom. The lowest BCUT2D eigenvalue weighted by Gasteiger charge is -2.09. The van der Waals surface area contributed by atoms with Gasteiger partial charge in [-0.25, -0.2) is 9.67 Å². The number of pyridine rings is 1. The second-order valence-electron chi connectivity index (χ2n) is 3.64. The van der Waals surface area contributed by atoms with Crippen LogP contribution in [-0.2, 0) is 7.05 Å². The number of aryl methyl sites for hydroxylation is 1. The zero-order chi connectivity index (χ0) is 11.8. The van der Waals surface area contributed by atoms with Crippen LogP contribution in [0.1, 0.15) is 0 Å². The van der Waals surface area contributed by atoms with Gasteiger partial charge in [0.25, 0.3) is 0 Å². The molecular weight excluding hydrogens is 218 g/mol. The molecule has 6 nitrogen and oxygen atoms in total. The fourth-order valence-electron chi connectivity index (χ4n) is 1.89. The van der Waals surface area contributed by atoms with Gasteiger partial charge in [0.2, 0.25) is 5.88 Å². The number of nitrogens with zero attached hydrogens (tertiary/aromatic N) is 5. The highest BCUT2D eigenvalue weighted by atomic mass is 16.5. The van der Waals surface area contributed by atoms with Gasteiger partial charge in [0.1, 0.15) is 5.52 Å². The summed E-state index contributed by atoms with van der Waals surface area (Å²) in [5, 5.41) is 9.40. The Morgan fingerprint density at radius 1 is 1.24 bits per heavy atom. The van der Waals surface area contributed by atoms with E-state index in [2.05, 4.69) is 15.2 Å². The SMILES string of the molecule is COc1ncc2cnn(C)c2c1-n1cccn1. The molecule has 3 rings (SSSR count). The molecular formula is C11H11N5O. The van der Waals surface area contributed by atoms with Crippen molar-refractivity contribution < 1.29 is 4.74 Å². The van der Waals surface area contributed by atoms with Crippen LogP contribution in [-0.4, -0.2) is 31.7 Å². The number of fused-ring (bicyclic) bond motifs is 1. The molecule has 0 aliphatic carbocycles. The minimum atomic E-state index is 0.532. The first-order valence-electron chi connectivity index (χ1n) is 5.16. The number of hydrogen-bond donors (Lipinski definition) is 0. The Bertz CT molecular complexity index is 656. The van der Waals surface area contributed by atoms with Crippen molar-refractivity contribution in [3.8, 4) is 11.6 Å². The molecule has 0 spiro atoms. The van der Waals surface area contributed by atoms with Crippen molar-refractivity contribution in [2.24, 2.45) is 7.05 Å². The molecule has 17 heavy (non-hydrogen) atoms. The van der Waals surface area contributed by atoms with Crippen LogP contribution >= 0.6 is 0 Å².